The Kier molecular flexibility index (Phi) is 5.68. The Morgan fingerprint density at radius 1 is 1.19 bits per heavy atom. The summed E-state index contributed by atoms with van der Waals surface area (Å²) in [6.45, 7) is 1.69. The number of hydrazone groups is 1. The van der Waals surface area contributed by atoms with Crippen LogP contribution in [0.4, 0.5) is 5.69 Å². The summed E-state index contributed by atoms with van der Waals surface area (Å²) in [5.74, 6) is -0.617. The Bertz CT molecular complexity index is 833. The van der Waals surface area contributed by atoms with Crippen LogP contribution in [-0.4, -0.2) is 27.5 Å². The van der Waals surface area contributed by atoms with Crippen LogP contribution in [0.2, 0.25) is 0 Å². The number of aromatic nitrogens is 2. The predicted octanol–water partition coefficient (Wildman–Crippen LogP) is 2.49. The highest BCUT2D eigenvalue weighted by Crippen LogP contribution is 2.27. The van der Waals surface area contributed by atoms with Crippen LogP contribution < -0.4 is 10.7 Å². The lowest BCUT2D eigenvalue weighted by molar-refractivity contribution is -0.115. The maximum absolute atomic E-state index is 12.3. The molecule has 0 spiro atoms. The molecule has 7 heteroatoms. The number of nitrogens with one attached hydrogen (secondary N) is 2. The summed E-state index contributed by atoms with van der Waals surface area (Å²) in [5.41, 5.74) is 6.49. The number of amides is 2. The van der Waals surface area contributed by atoms with Crippen LogP contribution in [0.25, 0.3) is 0 Å². The smallest absolute Gasteiger partial charge is 0.291 e. The molecular formula is C19H21N5O2. The molecular weight excluding hydrogens is 330 g/mol. The molecule has 3 rings (SSSR count). The molecule has 26 heavy (non-hydrogen) atoms. The van der Waals surface area contributed by atoms with Gasteiger partial charge in [0.1, 0.15) is 5.69 Å². The first-order valence-electron chi connectivity index (χ1n) is 8.63. The zero-order chi connectivity index (χ0) is 18.4. The number of carbonyl (C=O) groups excluding carboxylic acids is 2. The van der Waals surface area contributed by atoms with Gasteiger partial charge in [0.25, 0.3) is 5.91 Å². The molecule has 2 amide bonds. The Morgan fingerprint density at radius 2 is 2.04 bits per heavy atom. The quantitative estimate of drug-likeness (QED) is 0.639. The van der Waals surface area contributed by atoms with Gasteiger partial charge >= 0.3 is 0 Å². The van der Waals surface area contributed by atoms with E-state index < -0.39 is 5.91 Å². The molecule has 1 aliphatic rings. The van der Waals surface area contributed by atoms with Crippen molar-refractivity contribution in [3.8, 4) is 0 Å². The van der Waals surface area contributed by atoms with E-state index in [1.54, 1.807) is 6.92 Å². The molecule has 2 N–H and O–H groups in total. The molecule has 0 aliphatic heterocycles. The van der Waals surface area contributed by atoms with Crippen LogP contribution in [-0.2, 0) is 17.6 Å². The Morgan fingerprint density at radius 3 is 2.85 bits per heavy atom. The molecule has 0 unspecified atom stereocenters. The molecule has 1 aromatic heterocycles. The van der Waals surface area contributed by atoms with Gasteiger partial charge in [0, 0.05) is 23.8 Å². The number of fused-ring (bicyclic) bond motifs is 1. The zero-order valence-electron chi connectivity index (χ0n) is 14.7. The number of benzene rings is 1. The van der Waals surface area contributed by atoms with E-state index >= 15 is 0 Å². The molecule has 1 heterocycles. The number of rotatable bonds is 5. The molecule has 0 atom stereocenters. The average molecular weight is 351 g/mol. The maximum atomic E-state index is 12.3. The van der Waals surface area contributed by atoms with Crippen molar-refractivity contribution in [3.63, 3.8) is 0 Å². The standard InChI is InChI=1S/C19H21N5O2/c1-13(23-24-19(26)17-12-20-9-10-21-17)11-18(25)22-16-8-4-6-14-5-2-3-7-15(14)16/h4,6,8-10,12H,2-3,5,7,11H2,1H3,(H,22,25)(H,24,26)/b23-13+. The average Bonchev–Trinajstić information content (AvgIpc) is 2.67. The highest BCUT2D eigenvalue weighted by Gasteiger charge is 2.15. The molecule has 0 bridgehead atoms. The maximum Gasteiger partial charge on any atom is 0.291 e. The number of nitrogens with zero attached hydrogens (tertiary/aromatic N) is 3. The van der Waals surface area contributed by atoms with Crippen LogP contribution in [0.15, 0.2) is 41.9 Å². The zero-order valence-corrected chi connectivity index (χ0v) is 14.7. The van der Waals surface area contributed by atoms with Gasteiger partial charge in [0.2, 0.25) is 5.91 Å². The van der Waals surface area contributed by atoms with Gasteiger partial charge in [0.15, 0.2) is 0 Å². The van der Waals surface area contributed by atoms with E-state index in [1.807, 2.05) is 12.1 Å². The first-order valence-corrected chi connectivity index (χ1v) is 8.63. The van der Waals surface area contributed by atoms with Crippen molar-refractivity contribution in [1.29, 1.82) is 0 Å². The lowest BCUT2D eigenvalue weighted by Crippen LogP contribution is -2.22. The second kappa shape index (κ2) is 8.33. The fraction of sp³-hybridized carbons (Fsp3) is 0.316. The van der Waals surface area contributed by atoms with Crippen molar-refractivity contribution in [2.24, 2.45) is 5.10 Å². The minimum atomic E-state index is -0.463. The summed E-state index contributed by atoms with van der Waals surface area (Å²) in [4.78, 5) is 31.9. The summed E-state index contributed by atoms with van der Waals surface area (Å²) >= 11 is 0. The van der Waals surface area contributed by atoms with E-state index in [9.17, 15) is 9.59 Å². The van der Waals surface area contributed by atoms with Crippen LogP contribution >= 0.6 is 0 Å². The normalized spacial score (nSPS) is 13.7. The van der Waals surface area contributed by atoms with Crippen molar-refractivity contribution in [2.75, 3.05) is 5.32 Å². The largest absolute Gasteiger partial charge is 0.325 e. The highest BCUT2D eigenvalue weighted by atomic mass is 16.2. The third-order valence-corrected chi connectivity index (χ3v) is 4.23. The summed E-state index contributed by atoms with van der Waals surface area (Å²) in [7, 11) is 0. The third kappa shape index (κ3) is 4.50. The first-order chi connectivity index (χ1) is 12.6. The van der Waals surface area contributed by atoms with Crippen molar-refractivity contribution >= 4 is 23.2 Å². The van der Waals surface area contributed by atoms with Gasteiger partial charge in [-0.3, -0.25) is 14.6 Å². The fourth-order valence-corrected chi connectivity index (χ4v) is 2.98. The number of hydrogen-bond acceptors (Lipinski definition) is 5. The van der Waals surface area contributed by atoms with Crippen molar-refractivity contribution < 1.29 is 9.59 Å². The SMILES string of the molecule is C/C(CC(=O)Nc1cccc2c1CCCC2)=N\NC(=O)c1cnccn1. The van der Waals surface area contributed by atoms with Crippen LogP contribution in [0, 0.1) is 0 Å². The summed E-state index contributed by atoms with van der Waals surface area (Å²) in [6, 6.07) is 6.03. The van der Waals surface area contributed by atoms with Gasteiger partial charge in [-0.1, -0.05) is 12.1 Å². The summed E-state index contributed by atoms with van der Waals surface area (Å²) in [5, 5.41) is 6.92. The second-order valence-electron chi connectivity index (χ2n) is 6.25. The van der Waals surface area contributed by atoms with Gasteiger partial charge in [-0.05, 0) is 49.8 Å². The third-order valence-electron chi connectivity index (χ3n) is 4.23. The molecule has 7 nitrogen and oxygen atoms in total. The fourth-order valence-electron chi connectivity index (χ4n) is 2.98. The van der Waals surface area contributed by atoms with Gasteiger partial charge in [-0.15, -0.1) is 0 Å². The Balaban J connectivity index is 1.57. The van der Waals surface area contributed by atoms with Crippen molar-refractivity contribution in [2.45, 2.75) is 39.0 Å². The second-order valence-corrected chi connectivity index (χ2v) is 6.25. The predicted molar refractivity (Wildman–Crippen MR) is 98.9 cm³/mol. The lowest BCUT2D eigenvalue weighted by atomic mass is 9.90. The molecule has 1 aliphatic carbocycles. The van der Waals surface area contributed by atoms with Gasteiger partial charge in [-0.2, -0.15) is 5.10 Å². The van der Waals surface area contributed by atoms with E-state index in [-0.39, 0.29) is 18.0 Å². The molecule has 0 saturated carbocycles. The minimum Gasteiger partial charge on any atom is -0.325 e. The number of carbonyl (C=O) groups is 2. The molecule has 0 fully saturated rings. The van der Waals surface area contributed by atoms with Crippen molar-refractivity contribution in [1.82, 2.24) is 15.4 Å². The van der Waals surface area contributed by atoms with Gasteiger partial charge in [0.05, 0.1) is 12.6 Å². The summed E-state index contributed by atoms with van der Waals surface area (Å²) in [6.07, 6.45) is 8.77. The molecule has 0 radical (unpaired) electrons. The molecule has 134 valence electrons. The summed E-state index contributed by atoms with van der Waals surface area (Å²) < 4.78 is 0. The monoisotopic (exact) mass is 351 g/mol. The minimum absolute atomic E-state index is 0.102. The Labute approximate surface area is 151 Å². The van der Waals surface area contributed by atoms with E-state index in [0.29, 0.717) is 5.71 Å². The molecule has 0 saturated heterocycles. The number of aryl methyl sites for hydroxylation is 1. The lowest BCUT2D eigenvalue weighted by Gasteiger charge is -2.19. The first kappa shape index (κ1) is 17.7. The van der Waals surface area contributed by atoms with Crippen LogP contribution in [0.3, 0.4) is 0 Å². The van der Waals surface area contributed by atoms with E-state index in [4.69, 9.17) is 0 Å². The topological polar surface area (TPSA) is 96.3 Å². The molecule has 1 aromatic carbocycles. The van der Waals surface area contributed by atoms with Crippen molar-refractivity contribution in [3.05, 3.63) is 53.6 Å². The number of hydrogen-bond donors (Lipinski definition) is 2. The van der Waals surface area contributed by atoms with E-state index in [2.05, 4.69) is 31.9 Å². The number of anilines is 1. The van der Waals surface area contributed by atoms with Crippen LogP contribution in [0.1, 0.15) is 47.8 Å². The Hall–Kier alpha value is -3.09. The van der Waals surface area contributed by atoms with Crippen LogP contribution in [0.5, 0.6) is 0 Å². The molecule has 2 aromatic rings. The van der Waals surface area contributed by atoms with Gasteiger partial charge < -0.3 is 5.32 Å². The van der Waals surface area contributed by atoms with E-state index in [0.717, 1.165) is 24.9 Å². The van der Waals surface area contributed by atoms with E-state index in [1.165, 1.54) is 36.1 Å². The van der Waals surface area contributed by atoms with Gasteiger partial charge in [-0.25, -0.2) is 10.4 Å². The highest BCUT2D eigenvalue weighted by molar-refractivity contribution is 6.06.